The van der Waals surface area contributed by atoms with Crippen LogP contribution in [0.1, 0.15) is 29.9 Å². The maximum Gasteiger partial charge on any atom is 0.0950 e. The van der Waals surface area contributed by atoms with Crippen LogP contribution in [0.5, 0.6) is 0 Å². The van der Waals surface area contributed by atoms with Crippen molar-refractivity contribution in [3.05, 3.63) is 35.4 Å². The van der Waals surface area contributed by atoms with Crippen LogP contribution < -0.4 is 5.73 Å². The molecule has 0 amide bonds. The van der Waals surface area contributed by atoms with Gasteiger partial charge in [-0.05, 0) is 29.9 Å². The molecule has 0 spiro atoms. The number of benzene rings is 1. The highest BCUT2D eigenvalue weighted by atomic mass is 14.7. The highest BCUT2D eigenvalue weighted by molar-refractivity contribution is 5.79. The lowest BCUT2D eigenvalue weighted by Crippen LogP contribution is -2.13. The highest BCUT2D eigenvalue weighted by Gasteiger charge is 2.25. The summed E-state index contributed by atoms with van der Waals surface area (Å²) in [5.74, 6) is 1.00. The van der Waals surface area contributed by atoms with Gasteiger partial charge in [0.2, 0.25) is 0 Å². The van der Waals surface area contributed by atoms with Crippen LogP contribution >= 0.6 is 0 Å². The third-order valence-electron chi connectivity index (χ3n) is 2.45. The molecule has 13 heavy (non-hydrogen) atoms. The summed E-state index contributed by atoms with van der Waals surface area (Å²) in [6.07, 6.45) is 3.20. The van der Waals surface area contributed by atoms with E-state index in [1.807, 2.05) is 6.07 Å². The maximum absolute atomic E-state index is 7.27. The summed E-state index contributed by atoms with van der Waals surface area (Å²) in [5, 5.41) is 7.27. The van der Waals surface area contributed by atoms with E-state index < -0.39 is 0 Å². The molecule has 68 valence electrons. The van der Waals surface area contributed by atoms with Gasteiger partial charge in [0.1, 0.15) is 0 Å². The number of nitrogens with one attached hydrogen (secondary N) is 1. The van der Waals surface area contributed by atoms with Crippen LogP contribution in [0.3, 0.4) is 0 Å². The Morgan fingerprint density at radius 1 is 1.38 bits per heavy atom. The zero-order valence-electron chi connectivity index (χ0n) is 7.59. The SMILES string of the molecule is N=C(N)Cc1ccccc1C1CC1. The summed E-state index contributed by atoms with van der Waals surface area (Å²) in [4.78, 5) is 0. The van der Waals surface area contributed by atoms with Crippen molar-refractivity contribution in [2.75, 3.05) is 0 Å². The van der Waals surface area contributed by atoms with Crippen LogP contribution in [0, 0.1) is 5.41 Å². The summed E-state index contributed by atoms with van der Waals surface area (Å²) in [6, 6.07) is 8.33. The van der Waals surface area contributed by atoms with E-state index in [0.29, 0.717) is 6.42 Å². The maximum atomic E-state index is 7.27. The van der Waals surface area contributed by atoms with Crippen molar-refractivity contribution >= 4 is 5.84 Å². The first-order chi connectivity index (χ1) is 6.27. The third kappa shape index (κ3) is 1.89. The molecule has 2 rings (SSSR count). The standard InChI is InChI=1S/C11H14N2/c12-11(13)7-9-3-1-2-4-10(9)8-5-6-8/h1-4,8H,5-7H2,(H3,12,13). The van der Waals surface area contributed by atoms with E-state index in [-0.39, 0.29) is 5.84 Å². The number of rotatable bonds is 3. The van der Waals surface area contributed by atoms with Crippen molar-refractivity contribution in [3.8, 4) is 0 Å². The Labute approximate surface area is 78.3 Å². The predicted octanol–water partition coefficient (Wildman–Crippen LogP) is 2.04. The van der Waals surface area contributed by atoms with E-state index in [2.05, 4.69) is 18.2 Å². The lowest BCUT2D eigenvalue weighted by atomic mass is 10.0. The third-order valence-corrected chi connectivity index (χ3v) is 2.45. The van der Waals surface area contributed by atoms with E-state index in [4.69, 9.17) is 11.1 Å². The van der Waals surface area contributed by atoms with Gasteiger partial charge in [0, 0.05) is 6.42 Å². The van der Waals surface area contributed by atoms with Crippen molar-refractivity contribution in [1.82, 2.24) is 0 Å². The zero-order chi connectivity index (χ0) is 9.26. The highest BCUT2D eigenvalue weighted by Crippen LogP contribution is 2.41. The first-order valence-corrected chi connectivity index (χ1v) is 4.68. The molecule has 0 unspecified atom stereocenters. The molecule has 0 saturated heterocycles. The Bertz CT molecular complexity index is 327. The summed E-state index contributed by atoms with van der Waals surface area (Å²) in [7, 11) is 0. The minimum atomic E-state index is 0.258. The van der Waals surface area contributed by atoms with Crippen LogP contribution in [0.25, 0.3) is 0 Å². The largest absolute Gasteiger partial charge is 0.387 e. The second kappa shape index (κ2) is 3.21. The zero-order valence-corrected chi connectivity index (χ0v) is 7.59. The fourth-order valence-electron chi connectivity index (χ4n) is 1.69. The van der Waals surface area contributed by atoms with Crippen LogP contribution in [-0.4, -0.2) is 5.84 Å². The topological polar surface area (TPSA) is 49.9 Å². The van der Waals surface area contributed by atoms with Gasteiger partial charge in [0.15, 0.2) is 0 Å². The van der Waals surface area contributed by atoms with Crippen molar-refractivity contribution in [3.63, 3.8) is 0 Å². The van der Waals surface area contributed by atoms with Gasteiger partial charge >= 0.3 is 0 Å². The van der Waals surface area contributed by atoms with E-state index in [0.717, 1.165) is 5.92 Å². The first-order valence-electron chi connectivity index (χ1n) is 4.68. The van der Waals surface area contributed by atoms with Gasteiger partial charge in [-0.1, -0.05) is 24.3 Å². The fraction of sp³-hybridized carbons (Fsp3) is 0.364. The van der Waals surface area contributed by atoms with Crippen molar-refractivity contribution in [2.24, 2.45) is 5.73 Å². The molecule has 0 aliphatic heterocycles. The molecule has 1 aliphatic rings. The molecule has 1 aromatic rings. The molecule has 2 heteroatoms. The van der Waals surface area contributed by atoms with Gasteiger partial charge in [0.05, 0.1) is 5.84 Å². The number of nitrogens with two attached hydrogens (primary N) is 1. The molecule has 1 aromatic carbocycles. The quantitative estimate of drug-likeness (QED) is 0.534. The number of hydrogen-bond acceptors (Lipinski definition) is 1. The number of amidine groups is 1. The second-order valence-electron chi connectivity index (χ2n) is 3.68. The number of hydrogen-bond donors (Lipinski definition) is 2. The predicted molar refractivity (Wildman–Crippen MR) is 54.0 cm³/mol. The Kier molecular flexibility index (Phi) is 2.05. The Morgan fingerprint density at radius 2 is 2.08 bits per heavy atom. The van der Waals surface area contributed by atoms with Gasteiger partial charge in [-0.2, -0.15) is 0 Å². The fourth-order valence-corrected chi connectivity index (χ4v) is 1.69. The molecular formula is C11H14N2. The molecule has 3 N–H and O–H groups in total. The molecule has 0 bridgehead atoms. The summed E-state index contributed by atoms with van der Waals surface area (Å²) in [6.45, 7) is 0. The van der Waals surface area contributed by atoms with Crippen LogP contribution in [0.4, 0.5) is 0 Å². The van der Waals surface area contributed by atoms with Gasteiger partial charge in [-0.15, -0.1) is 0 Å². The molecule has 0 aromatic heterocycles. The average molecular weight is 174 g/mol. The summed E-state index contributed by atoms with van der Waals surface area (Å²) >= 11 is 0. The molecule has 1 saturated carbocycles. The van der Waals surface area contributed by atoms with Gasteiger partial charge in [-0.3, -0.25) is 5.41 Å². The van der Waals surface area contributed by atoms with Gasteiger partial charge < -0.3 is 5.73 Å². The molecule has 1 aliphatic carbocycles. The minimum Gasteiger partial charge on any atom is -0.387 e. The summed E-state index contributed by atoms with van der Waals surface area (Å²) in [5.41, 5.74) is 8.03. The van der Waals surface area contributed by atoms with Gasteiger partial charge in [0.25, 0.3) is 0 Å². The van der Waals surface area contributed by atoms with E-state index in [1.54, 1.807) is 0 Å². The smallest absolute Gasteiger partial charge is 0.0950 e. The molecule has 0 atom stereocenters. The minimum absolute atomic E-state index is 0.258. The normalized spacial score (nSPS) is 15.7. The first kappa shape index (κ1) is 8.30. The van der Waals surface area contributed by atoms with Crippen molar-refractivity contribution < 1.29 is 0 Å². The monoisotopic (exact) mass is 174 g/mol. The lowest BCUT2D eigenvalue weighted by Gasteiger charge is -2.06. The van der Waals surface area contributed by atoms with Crippen molar-refractivity contribution in [1.29, 1.82) is 5.41 Å². The van der Waals surface area contributed by atoms with Crippen LogP contribution in [0.15, 0.2) is 24.3 Å². The Balaban J connectivity index is 2.26. The second-order valence-corrected chi connectivity index (χ2v) is 3.68. The molecule has 2 nitrogen and oxygen atoms in total. The molecule has 0 heterocycles. The average Bonchev–Trinajstić information content (AvgIpc) is 2.87. The summed E-state index contributed by atoms with van der Waals surface area (Å²) < 4.78 is 0. The van der Waals surface area contributed by atoms with Crippen LogP contribution in [-0.2, 0) is 6.42 Å². The van der Waals surface area contributed by atoms with Crippen molar-refractivity contribution in [2.45, 2.75) is 25.2 Å². The van der Waals surface area contributed by atoms with E-state index >= 15 is 0 Å². The lowest BCUT2D eigenvalue weighted by molar-refractivity contribution is 1.07. The van der Waals surface area contributed by atoms with Gasteiger partial charge in [-0.25, -0.2) is 0 Å². The molecular weight excluding hydrogens is 160 g/mol. The molecule has 0 radical (unpaired) electrons. The van der Waals surface area contributed by atoms with Crippen LogP contribution in [0.2, 0.25) is 0 Å². The van der Waals surface area contributed by atoms with E-state index in [9.17, 15) is 0 Å². The van der Waals surface area contributed by atoms with E-state index in [1.165, 1.54) is 24.0 Å². The Hall–Kier alpha value is -1.31. The molecule has 1 fully saturated rings. The Morgan fingerprint density at radius 3 is 2.69 bits per heavy atom.